The van der Waals surface area contributed by atoms with Gasteiger partial charge in [0.25, 0.3) is 0 Å². The lowest BCUT2D eigenvalue weighted by Gasteiger charge is -2.20. The molecule has 1 aromatic heterocycles. The number of nitrogens with zero attached hydrogens (tertiary/aromatic N) is 2. The van der Waals surface area contributed by atoms with E-state index in [2.05, 4.69) is 48.1 Å². The lowest BCUT2D eigenvalue weighted by atomic mass is 10.1. The molecule has 0 saturated carbocycles. The zero-order chi connectivity index (χ0) is 16.1. The van der Waals surface area contributed by atoms with E-state index in [-0.39, 0.29) is 0 Å². The van der Waals surface area contributed by atoms with Gasteiger partial charge in [-0.1, -0.05) is 25.1 Å². The van der Waals surface area contributed by atoms with E-state index >= 15 is 0 Å². The SMILES string of the molecule is CCc1ccc(N(C)c2ccc(Oc3ccccn3)cc2)cc1. The molecule has 23 heavy (non-hydrogen) atoms. The smallest absolute Gasteiger partial charge is 0.219 e. The van der Waals surface area contributed by atoms with Crippen LogP contribution >= 0.6 is 0 Å². The van der Waals surface area contributed by atoms with Crippen LogP contribution in [0.25, 0.3) is 0 Å². The molecule has 3 heteroatoms. The van der Waals surface area contributed by atoms with Crippen molar-refractivity contribution < 1.29 is 4.74 Å². The molecule has 1 heterocycles. The van der Waals surface area contributed by atoms with Crippen molar-refractivity contribution in [2.75, 3.05) is 11.9 Å². The van der Waals surface area contributed by atoms with Crippen LogP contribution in [0.15, 0.2) is 72.9 Å². The number of aromatic nitrogens is 1. The molecule has 3 rings (SSSR count). The predicted molar refractivity (Wildman–Crippen MR) is 94.6 cm³/mol. The van der Waals surface area contributed by atoms with Crippen molar-refractivity contribution in [1.29, 1.82) is 0 Å². The molecule has 0 amide bonds. The molecule has 0 aliphatic rings. The van der Waals surface area contributed by atoms with E-state index in [1.54, 1.807) is 6.20 Å². The highest BCUT2D eigenvalue weighted by Crippen LogP contribution is 2.27. The number of hydrogen-bond donors (Lipinski definition) is 0. The Morgan fingerprint density at radius 3 is 2.09 bits per heavy atom. The first kappa shape index (κ1) is 15.1. The summed E-state index contributed by atoms with van der Waals surface area (Å²) in [6.07, 6.45) is 2.78. The summed E-state index contributed by atoms with van der Waals surface area (Å²) in [6.45, 7) is 2.17. The lowest BCUT2D eigenvalue weighted by molar-refractivity contribution is 0.463. The highest BCUT2D eigenvalue weighted by Gasteiger charge is 2.05. The summed E-state index contributed by atoms with van der Waals surface area (Å²) in [7, 11) is 2.07. The fourth-order valence-electron chi connectivity index (χ4n) is 2.37. The summed E-state index contributed by atoms with van der Waals surface area (Å²) in [5.74, 6) is 1.38. The average Bonchev–Trinajstić information content (AvgIpc) is 2.63. The van der Waals surface area contributed by atoms with Crippen molar-refractivity contribution in [3.05, 3.63) is 78.5 Å². The summed E-state index contributed by atoms with van der Waals surface area (Å²) in [4.78, 5) is 6.32. The Balaban J connectivity index is 1.73. The van der Waals surface area contributed by atoms with Crippen molar-refractivity contribution in [2.24, 2.45) is 0 Å². The van der Waals surface area contributed by atoms with Crippen LogP contribution in [0.3, 0.4) is 0 Å². The normalized spacial score (nSPS) is 10.3. The van der Waals surface area contributed by atoms with Gasteiger partial charge in [0.15, 0.2) is 0 Å². The van der Waals surface area contributed by atoms with Gasteiger partial charge < -0.3 is 9.64 Å². The maximum Gasteiger partial charge on any atom is 0.219 e. The first-order valence-corrected chi connectivity index (χ1v) is 7.78. The number of ether oxygens (including phenoxy) is 1. The number of rotatable bonds is 5. The maximum absolute atomic E-state index is 5.72. The molecular formula is C20H20N2O. The molecular weight excluding hydrogens is 284 g/mol. The van der Waals surface area contributed by atoms with Crippen LogP contribution in [0, 0.1) is 0 Å². The minimum absolute atomic E-state index is 0.601. The molecule has 0 aliphatic carbocycles. The lowest BCUT2D eigenvalue weighted by Crippen LogP contribution is -2.09. The van der Waals surface area contributed by atoms with Crippen molar-refractivity contribution in [1.82, 2.24) is 4.98 Å². The van der Waals surface area contributed by atoms with E-state index in [0.29, 0.717) is 5.88 Å². The summed E-state index contributed by atoms with van der Waals surface area (Å²) < 4.78 is 5.72. The van der Waals surface area contributed by atoms with Crippen LogP contribution in [0.5, 0.6) is 11.6 Å². The van der Waals surface area contributed by atoms with Gasteiger partial charge in [-0.05, 0) is 54.4 Å². The second-order valence-corrected chi connectivity index (χ2v) is 5.34. The zero-order valence-corrected chi connectivity index (χ0v) is 13.4. The predicted octanol–water partition coefficient (Wildman–Crippen LogP) is 5.20. The summed E-state index contributed by atoms with van der Waals surface area (Å²) in [5.41, 5.74) is 3.63. The first-order chi connectivity index (χ1) is 11.3. The van der Waals surface area contributed by atoms with E-state index in [1.807, 2.05) is 42.5 Å². The van der Waals surface area contributed by atoms with Gasteiger partial charge in [0.2, 0.25) is 5.88 Å². The molecule has 2 aromatic carbocycles. The largest absolute Gasteiger partial charge is 0.439 e. The molecule has 0 radical (unpaired) electrons. The summed E-state index contributed by atoms with van der Waals surface area (Å²) in [5, 5.41) is 0. The number of anilines is 2. The van der Waals surface area contributed by atoms with Gasteiger partial charge in [-0.25, -0.2) is 4.98 Å². The Kier molecular flexibility index (Phi) is 4.57. The van der Waals surface area contributed by atoms with E-state index in [4.69, 9.17) is 4.74 Å². The molecule has 3 aromatic rings. The van der Waals surface area contributed by atoms with Crippen LogP contribution in [0.4, 0.5) is 11.4 Å². The van der Waals surface area contributed by atoms with Gasteiger partial charge in [0.1, 0.15) is 5.75 Å². The number of pyridine rings is 1. The summed E-state index contributed by atoms with van der Waals surface area (Å²) in [6, 6.07) is 22.3. The van der Waals surface area contributed by atoms with Crippen molar-refractivity contribution in [3.63, 3.8) is 0 Å². The number of benzene rings is 2. The molecule has 0 N–H and O–H groups in total. The van der Waals surface area contributed by atoms with Gasteiger partial charge >= 0.3 is 0 Å². The second kappa shape index (κ2) is 6.97. The van der Waals surface area contributed by atoms with Crippen molar-refractivity contribution >= 4 is 11.4 Å². The van der Waals surface area contributed by atoms with Gasteiger partial charge in [-0.3, -0.25) is 0 Å². The zero-order valence-electron chi connectivity index (χ0n) is 13.4. The Morgan fingerprint density at radius 1 is 0.870 bits per heavy atom. The maximum atomic E-state index is 5.72. The third kappa shape index (κ3) is 3.69. The highest BCUT2D eigenvalue weighted by molar-refractivity contribution is 5.63. The Morgan fingerprint density at radius 2 is 1.52 bits per heavy atom. The van der Waals surface area contributed by atoms with E-state index in [0.717, 1.165) is 17.9 Å². The van der Waals surface area contributed by atoms with Gasteiger partial charge in [0, 0.05) is 30.7 Å². The van der Waals surface area contributed by atoms with Crippen molar-refractivity contribution in [2.45, 2.75) is 13.3 Å². The standard InChI is InChI=1S/C20H20N2O/c1-3-16-7-9-17(10-8-16)22(2)18-11-13-19(14-12-18)23-20-6-4-5-15-21-20/h4-15H,3H2,1-2H3. The topological polar surface area (TPSA) is 25.4 Å². The van der Waals surface area contributed by atoms with E-state index in [9.17, 15) is 0 Å². The van der Waals surface area contributed by atoms with Crippen LogP contribution in [0.2, 0.25) is 0 Å². The molecule has 0 fully saturated rings. The van der Waals surface area contributed by atoms with Crippen LogP contribution < -0.4 is 9.64 Å². The van der Waals surface area contributed by atoms with Crippen LogP contribution in [-0.4, -0.2) is 12.0 Å². The fourth-order valence-corrected chi connectivity index (χ4v) is 2.37. The van der Waals surface area contributed by atoms with Crippen LogP contribution in [0.1, 0.15) is 12.5 Å². The van der Waals surface area contributed by atoms with E-state index < -0.39 is 0 Å². The minimum atomic E-state index is 0.601. The molecule has 0 saturated heterocycles. The molecule has 0 atom stereocenters. The molecule has 3 nitrogen and oxygen atoms in total. The average molecular weight is 304 g/mol. The van der Waals surface area contributed by atoms with Gasteiger partial charge in [0.05, 0.1) is 0 Å². The highest BCUT2D eigenvalue weighted by atomic mass is 16.5. The Bertz CT molecular complexity index is 737. The molecule has 116 valence electrons. The molecule has 0 bridgehead atoms. The quantitative estimate of drug-likeness (QED) is 0.647. The first-order valence-electron chi connectivity index (χ1n) is 7.78. The van der Waals surface area contributed by atoms with E-state index in [1.165, 1.54) is 11.3 Å². The molecule has 0 aliphatic heterocycles. The second-order valence-electron chi connectivity index (χ2n) is 5.34. The molecule has 0 unspecified atom stereocenters. The monoisotopic (exact) mass is 304 g/mol. The van der Waals surface area contributed by atoms with Gasteiger partial charge in [-0.2, -0.15) is 0 Å². The third-order valence-corrected chi connectivity index (χ3v) is 3.82. The van der Waals surface area contributed by atoms with Gasteiger partial charge in [-0.15, -0.1) is 0 Å². The summed E-state index contributed by atoms with van der Waals surface area (Å²) >= 11 is 0. The Hall–Kier alpha value is -2.81. The Labute approximate surface area is 137 Å². The number of hydrogen-bond acceptors (Lipinski definition) is 3. The minimum Gasteiger partial charge on any atom is -0.439 e. The van der Waals surface area contributed by atoms with Crippen molar-refractivity contribution in [3.8, 4) is 11.6 Å². The van der Waals surface area contributed by atoms with Crippen LogP contribution in [-0.2, 0) is 6.42 Å². The fraction of sp³-hybridized carbons (Fsp3) is 0.150. The number of aryl methyl sites for hydroxylation is 1. The third-order valence-electron chi connectivity index (χ3n) is 3.82. The molecule has 0 spiro atoms.